The predicted octanol–water partition coefficient (Wildman–Crippen LogP) is 3.68. The molecule has 1 aromatic heterocycles. The topological polar surface area (TPSA) is 147 Å². The van der Waals surface area contributed by atoms with Crippen molar-refractivity contribution in [2.45, 2.75) is 31.8 Å². The molecule has 10 nitrogen and oxygen atoms in total. The molecule has 0 spiro atoms. The molecule has 1 aliphatic rings. The number of carbonyl (C=O) groups excluding carboxylic acids is 1. The summed E-state index contributed by atoms with van der Waals surface area (Å²) in [7, 11) is -1.56. The lowest BCUT2D eigenvalue weighted by Crippen LogP contribution is -2.40. The van der Waals surface area contributed by atoms with Gasteiger partial charge in [-0.1, -0.05) is 42.0 Å². The molecular weight excluding hydrogens is 520 g/mol. The van der Waals surface area contributed by atoms with Gasteiger partial charge in [-0.25, -0.2) is 9.29 Å². The Bertz CT molecular complexity index is 1590. The number of aryl methyl sites for hydroxylation is 3. The molecule has 4 rings (SSSR count). The Morgan fingerprint density at radius 3 is 2.23 bits per heavy atom. The van der Waals surface area contributed by atoms with E-state index in [1.165, 1.54) is 44.6 Å². The number of nitrogen functional groups attached to an aromatic ring is 1. The third kappa shape index (κ3) is 5.13. The zero-order valence-corrected chi connectivity index (χ0v) is 23.1. The van der Waals surface area contributed by atoms with Crippen LogP contribution in [0, 0.1) is 20.8 Å². The van der Waals surface area contributed by atoms with Crippen molar-refractivity contribution in [3.63, 3.8) is 0 Å². The number of nitrogens with two attached hydrogens (primary N) is 2. The Morgan fingerprint density at radius 2 is 1.64 bits per heavy atom. The molecule has 0 radical (unpaired) electrons. The summed E-state index contributed by atoms with van der Waals surface area (Å²) in [4.78, 5) is 16.7. The maximum atomic E-state index is 14.3. The summed E-state index contributed by atoms with van der Waals surface area (Å²) in [6, 6.07) is 12.1. The molecule has 0 bridgehead atoms. The SMILES string of the molecule is COc1cccc(C2C=CC(C(N)=O)=C(Oc3c(C)cc(C)cc3C)N2S(=O)(=O)c2cccc(N)n2)c1OC. The van der Waals surface area contributed by atoms with Crippen molar-refractivity contribution in [3.05, 3.63) is 94.4 Å². The first-order valence-corrected chi connectivity index (χ1v) is 13.4. The molecule has 3 aromatic rings. The van der Waals surface area contributed by atoms with Crippen LogP contribution in [0.3, 0.4) is 0 Å². The molecule has 1 amide bonds. The molecule has 1 aliphatic heterocycles. The van der Waals surface area contributed by atoms with Crippen LogP contribution in [0.25, 0.3) is 0 Å². The van der Waals surface area contributed by atoms with Gasteiger partial charge in [-0.2, -0.15) is 8.42 Å². The second-order valence-corrected chi connectivity index (χ2v) is 10.8. The number of benzene rings is 2. The Labute approximate surface area is 227 Å². The van der Waals surface area contributed by atoms with Gasteiger partial charge < -0.3 is 25.7 Å². The van der Waals surface area contributed by atoms with Crippen LogP contribution in [0.2, 0.25) is 0 Å². The Balaban J connectivity index is 2.03. The van der Waals surface area contributed by atoms with Crippen LogP contribution in [0.5, 0.6) is 17.2 Å². The number of sulfonamides is 1. The van der Waals surface area contributed by atoms with Crippen LogP contribution in [0.15, 0.2) is 77.2 Å². The third-order valence-corrected chi connectivity index (χ3v) is 7.88. The molecule has 0 saturated carbocycles. The van der Waals surface area contributed by atoms with Crippen molar-refractivity contribution >= 4 is 21.7 Å². The first kappa shape index (κ1) is 27.5. The Kier molecular flexibility index (Phi) is 7.55. The average Bonchev–Trinajstić information content (AvgIpc) is 2.89. The van der Waals surface area contributed by atoms with Gasteiger partial charge in [0.1, 0.15) is 17.1 Å². The van der Waals surface area contributed by atoms with Crippen LogP contribution in [-0.4, -0.2) is 37.8 Å². The average molecular weight is 551 g/mol. The highest BCUT2D eigenvalue weighted by atomic mass is 32.2. The number of hydrogen-bond acceptors (Lipinski definition) is 8. The lowest BCUT2D eigenvalue weighted by molar-refractivity contribution is -0.114. The van der Waals surface area contributed by atoms with Crippen molar-refractivity contribution in [3.8, 4) is 17.2 Å². The molecule has 204 valence electrons. The molecule has 0 fully saturated rings. The molecule has 11 heteroatoms. The van der Waals surface area contributed by atoms with Gasteiger partial charge in [0.25, 0.3) is 15.9 Å². The zero-order valence-electron chi connectivity index (χ0n) is 22.3. The smallest absolute Gasteiger partial charge is 0.285 e. The third-order valence-electron chi connectivity index (χ3n) is 6.22. The number of aromatic nitrogens is 1. The molecule has 0 saturated heterocycles. The molecule has 1 atom stereocenters. The van der Waals surface area contributed by atoms with Crippen LogP contribution in [-0.2, 0) is 14.8 Å². The fraction of sp³-hybridized carbons (Fsp3) is 0.214. The second-order valence-electron chi connectivity index (χ2n) is 9.00. The second kappa shape index (κ2) is 10.7. The molecule has 4 N–H and O–H groups in total. The van der Waals surface area contributed by atoms with Crippen molar-refractivity contribution in [1.29, 1.82) is 0 Å². The van der Waals surface area contributed by atoms with Crippen molar-refractivity contribution < 1.29 is 27.4 Å². The standard InChI is InChI=1S/C28H30N4O6S/c1-16-14-17(2)25(18(3)15-16)38-28-20(27(30)33)12-13-21(19-8-6-9-22(36-4)26(19)37-5)32(28)39(34,35)24-11-7-10-23(29)31-24/h6-15,21H,1-5H3,(H2,29,31)(H2,30,33). The highest BCUT2D eigenvalue weighted by Crippen LogP contribution is 2.44. The van der Waals surface area contributed by atoms with E-state index in [-0.39, 0.29) is 22.3 Å². The van der Waals surface area contributed by atoms with E-state index in [2.05, 4.69) is 4.98 Å². The van der Waals surface area contributed by atoms with E-state index in [1.54, 1.807) is 18.2 Å². The van der Waals surface area contributed by atoms with Crippen LogP contribution in [0.4, 0.5) is 5.82 Å². The number of ether oxygens (including phenoxy) is 3. The summed E-state index contributed by atoms with van der Waals surface area (Å²) in [5, 5.41) is -0.341. The summed E-state index contributed by atoms with van der Waals surface area (Å²) in [6.07, 6.45) is 2.97. The summed E-state index contributed by atoms with van der Waals surface area (Å²) in [5.41, 5.74) is 14.4. The Morgan fingerprint density at radius 1 is 0.974 bits per heavy atom. The minimum atomic E-state index is -4.49. The molecule has 2 heterocycles. The highest BCUT2D eigenvalue weighted by Gasteiger charge is 2.41. The van der Waals surface area contributed by atoms with Gasteiger partial charge in [-0.3, -0.25) is 4.79 Å². The first-order valence-electron chi connectivity index (χ1n) is 12.0. The zero-order chi connectivity index (χ0) is 28.5. The van der Waals surface area contributed by atoms with Gasteiger partial charge in [0, 0.05) is 5.56 Å². The summed E-state index contributed by atoms with van der Waals surface area (Å²) in [5.74, 6) is -0.0626. The largest absolute Gasteiger partial charge is 0.493 e. The lowest BCUT2D eigenvalue weighted by Gasteiger charge is -2.36. The molecule has 1 unspecified atom stereocenters. The summed E-state index contributed by atoms with van der Waals surface area (Å²) < 4.78 is 47.0. The van der Waals surface area contributed by atoms with E-state index >= 15 is 0 Å². The van der Waals surface area contributed by atoms with Gasteiger partial charge in [-0.15, -0.1) is 0 Å². The van der Waals surface area contributed by atoms with Crippen LogP contribution < -0.4 is 25.7 Å². The predicted molar refractivity (Wildman–Crippen MR) is 147 cm³/mol. The fourth-order valence-electron chi connectivity index (χ4n) is 4.60. The fourth-order valence-corrected chi connectivity index (χ4v) is 6.11. The molecule has 0 aliphatic carbocycles. The van der Waals surface area contributed by atoms with Crippen LogP contribution >= 0.6 is 0 Å². The molecular formula is C28H30N4O6S. The van der Waals surface area contributed by atoms with Gasteiger partial charge in [0.2, 0.25) is 5.88 Å². The van der Waals surface area contributed by atoms with E-state index in [0.717, 1.165) is 21.0 Å². The van der Waals surface area contributed by atoms with E-state index in [0.29, 0.717) is 22.8 Å². The minimum Gasteiger partial charge on any atom is -0.493 e. The Hall–Kier alpha value is -4.51. The number of carbonyl (C=O) groups is 1. The van der Waals surface area contributed by atoms with Gasteiger partial charge >= 0.3 is 0 Å². The molecule has 39 heavy (non-hydrogen) atoms. The van der Waals surface area contributed by atoms with Crippen molar-refractivity contribution in [1.82, 2.24) is 9.29 Å². The van der Waals surface area contributed by atoms with Gasteiger partial charge in [-0.05, 0) is 56.2 Å². The number of amides is 1. The number of para-hydroxylation sites is 1. The van der Waals surface area contributed by atoms with E-state index in [9.17, 15) is 13.2 Å². The van der Waals surface area contributed by atoms with E-state index in [1.807, 2.05) is 32.9 Å². The maximum absolute atomic E-state index is 14.3. The number of methoxy groups -OCH3 is 2. The van der Waals surface area contributed by atoms with E-state index in [4.69, 9.17) is 25.7 Å². The van der Waals surface area contributed by atoms with E-state index < -0.39 is 22.0 Å². The quantitative estimate of drug-likeness (QED) is 0.432. The highest BCUT2D eigenvalue weighted by molar-refractivity contribution is 7.89. The maximum Gasteiger partial charge on any atom is 0.285 e. The van der Waals surface area contributed by atoms with Gasteiger partial charge in [0.15, 0.2) is 16.5 Å². The number of rotatable bonds is 8. The number of nitrogens with zero attached hydrogens (tertiary/aromatic N) is 2. The monoisotopic (exact) mass is 550 g/mol. The number of primary amides is 1. The normalized spacial score (nSPS) is 15.3. The minimum absolute atomic E-state index is 0.00549. The van der Waals surface area contributed by atoms with Gasteiger partial charge in [0.05, 0.1) is 20.3 Å². The van der Waals surface area contributed by atoms with Crippen molar-refractivity contribution in [2.24, 2.45) is 5.73 Å². The van der Waals surface area contributed by atoms with Crippen LogP contribution in [0.1, 0.15) is 28.3 Å². The number of hydrogen-bond donors (Lipinski definition) is 2. The number of anilines is 1. The first-order chi connectivity index (χ1) is 18.5. The van der Waals surface area contributed by atoms with Crippen molar-refractivity contribution in [2.75, 3.05) is 20.0 Å². The summed E-state index contributed by atoms with van der Waals surface area (Å²) >= 11 is 0. The summed E-state index contributed by atoms with van der Waals surface area (Å²) in [6.45, 7) is 5.60. The number of pyridine rings is 1. The lowest BCUT2D eigenvalue weighted by atomic mass is 10.0. The molecule has 2 aromatic carbocycles.